The Hall–Kier alpha value is -2.22. The van der Waals surface area contributed by atoms with Gasteiger partial charge in [-0.1, -0.05) is 0 Å². The van der Waals surface area contributed by atoms with E-state index in [1.54, 1.807) is 33.1 Å². The summed E-state index contributed by atoms with van der Waals surface area (Å²) in [4.78, 5) is 35.1. The van der Waals surface area contributed by atoms with Crippen LogP contribution in [0.2, 0.25) is 0 Å². The molecule has 0 heterocycles. The Bertz CT molecular complexity index is 545. The standard InChI is InChI=1S/C15H20N2O5S/c1-10(2)16-15(20)17-13(18)8-22-14(19)9-23-12-6-4-11(21-3)5-7-12/h4-7,10H,8-9H2,1-3H3,(H2,16,17,18,20). The number of rotatable bonds is 7. The summed E-state index contributed by atoms with van der Waals surface area (Å²) in [6.45, 7) is 3.04. The molecule has 3 amide bonds. The average molecular weight is 340 g/mol. The Kier molecular flexibility index (Phi) is 7.96. The number of hydrogen-bond acceptors (Lipinski definition) is 6. The lowest BCUT2D eigenvalue weighted by Gasteiger charge is -2.09. The first-order valence-electron chi connectivity index (χ1n) is 6.93. The number of urea groups is 1. The van der Waals surface area contributed by atoms with Crippen LogP contribution in [0.15, 0.2) is 29.2 Å². The number of imide groups is 1. The number of thioether (sulfide) groups is 1. The number of hydrogen-bond donors (Lipinski definition) is 2. The summed E-state index contributed by atoms with van der Waals surface area (Å²) in [5, 5.41) is 4.56. The number of amides is 3. The van der Waals surface area contributed by atoms with E-state index in [4.69, 9.17) is 9.47 Å². The molecule has 0 spiro atoms. The fourth-order valence-electron chi connectivity index (χ4n) is 1.46. The molecule has 0 radical (unpaired) electrons. The molecule has 0 aliphatic heterocycles. The minimum atomic E-state index is -0.675. The zero-order valence-corrected chi connectivity index (χ0v) is 14.1. The van der Waals surface area contributed by atoms with Gasteiger partial charge in [0.1, 0.15) is 5.75 Å². The zero-order chi connectivity index (χ0) is 17.2. The molecule has 0 bridgehead atoms. The zero-order valence-electron chi connectivity index (χ0n) is 13.3. The average Bonchev–Trinajstić information content (AvgIpc) is 2.50. The van der Waals surface area contributed by atoms with Crippen LogP contribution >= 0.6 is 11.8 Å². The third kappa shape index (κ3) is 8.10. The molecule has 0 aliphatic carbocycles. The molecular weight excluding hydrogens is 320 g/mol. The monoisotopic (exact) mass is 340 g/mol. The second kappa shape index (κ2) is 9.73. The maximum absolute atomic E-state index is 11.6. The second-order valence-electron chi connectivity index (χ2n) is 4.80. The van der Waals surface area contributed by atoms with E-state index in [-0.39, 0.29) is 11.8 Å². The number of methoxy groups -OCH3 is 1. The molecule has 0 unspecified atom stereocenters. The highest BCUT2D eigenvalue weighted by atomic mass is 32.2. The largest absolute Gasteiger partial charge is 0.497 e. The summed E-state index contributed by atoms with van der Waals surface area (Å²) >= 11 is 1.28. The molecule has 0 atom stereocenters. The van der Waals surface area contributed by atoms with Crippen LogP contribution in [0.3, 0.4) is 0 Å². The normalized spacial score (nSPS) is 10.1. The van der Waals surface area contributed by atoms with Gasteiger partial charge in [0, 0.05) is 10.9 Å². The molecule has 1 aromatic carbocycles. The smallest absolute Gasteiger partial charge is 0.321 e. The van der Waals surface area contributed by atoms with E-state index in [9.17, 15) is 14.4 Å². The molecule has 0 saturated carbocycles. The number of esters is 1. The lowest BCUT2D eigenvalue weighted by atomic mass is 10.3. The fourth-order valence-corrected chi connectivity index (χ4v) is 2.16. The number of carbonyl (C=O) groups excluding carboxylic acids is 3. The number of ether oxygens (including phenoxy) is 2. The van der Waals surface area contributed by atoms with Crippen molar-refractivity contribution in [2.24, 2.45) is 0 Å². The molecule has 0 saturated heterocycles. The van der Waals surface area contributed by atoms with E-state index >= 15 is 0 Å². The van der Waals surface area contributed by atoms with E-state index in [2.05, 4.69) is 10.6 Å². The van der Waals surface area contributed by atoms with Crippen LogP contribution in [0.1, 0.15) is 13.8 Å². The molecule has 7 nitrogen and oxygen atoms in total. The van der Waals surface area contributed by atoms with Crippen LogP contribution in [0.5, 0.6) is 5.75 Å². The van der Waals surface area contributed by atoms with E-state index < -0.39 is 24.5 Å². The van der Waals surface area contributed by atoms with Gasteiger partial charge in [0.05, 0.1) is 12.9 Å². The molecule has 8 heteroatoms. The molecule has 1 aromatic rings. The van der Waals surface area contributed by atoms with Gasteiger partial charge in [-0.05, 0) is 38.1 Å². The van der Waals surface area contributed by atoms with E-state index in [1.165, 1.54) is 11.8 Å². The van der Waals surface area contributed by atoms with Crippen molar-refractivity contribution in [3.63, 3.8) is 0 Å². The molecule has 0 fully saturated rings. The van der Waals surface area contributed by atoms with Crippen molar-refractivity contribution in [3.05, 3.63) is 24.3 Å². The molecule has 0 aromatic heterocycles. The predicted octanol–water partition coefficient (Wildman–Crippen LogP) is 1.56. The molecule has 23 heavy (non-hydrogen) atoms. The highest BCUT2D eigenvalue weighted by Gasteiger charge is 2.11. The number of nitrogens with one attached hydrogen (secondary N) is 2. The van der Waals surface area contributed by atoms with E-state index in [0.29, 0.717) is 0 Å². The van der Waals surface area contributed by atoms with Crippen molar-refractivity contribution in [2.75, 3.05) is 19.5 Å². The van der Waals surface area contributed by atoms with Gasteiger partial charge >= 0.3 is 12.0 Å². The van der Waals surface area contributed by atoms with Gasteiger partial charge in [-0.3, -0.25) is 14.9 Å². The Labute approximate surface area is 139 Å². The van der Waals surface area contributed by atoms with Crippen LogP contribution in [0.4, 0.5) is 4.79 Å². The first-order valence-corrected chi connectivity index (χ1v) is 7.92. The predicted molar refractivity (Wildman–Crippen MR) is 86.5 cm³/mol. The topological polar surface area (TPSA) is 93.7 Å². The lowest BCUT2D eigenvalue weighted by Crippen LogP contribution is -2.44. The van der Waals surface area contributed by atoms with Crippen LogP contribution in [-0.4, -0.2) is 43.4 Å². The van der Waals surface area contributed by atoms with Crippen LogP contribution in [-0.2, 0) is 14.3 Å². The Morgan fingerprint density at radius 3 is 2.39 bits per heavy atom. The Morgan fingerprint density at radius 1 is 1.17 bits per heavy atom. The van der Waals surface area contributed by atoms with Crippen molar-refractivity contribution in [1.82, 2.24) is 10.6 Å². The van der Waals surface area contributed by atoms with E-state index in [1.807, 2.05) is 12.1 Å². The quantitative estimate of drug-likeness (QED) is 0.578. The van der Waals surface area contributed by atoms with Gasteiger partial charge in [-0.15, -0.1) is 11.8 Å². The summed E-state index contributed by atoms with van der Waals surface area (Å²) in [6.07, 6.45) is 0. The van der Waals surface area contributed by atoms with Crippen molar-refractivity contribution in [1.29, 1.82) is 0 Å². The Morgan fingerprint density at radius 2 is 1.83 bits per heavy atom. The van der Waals surface area contributed by atoms with Crippen molar-refractivity contribution >= 4 is 29.7 Å². The van der Waals surface area contributed by atoms with Gasteiger partial charge < -0.3 is 14.8 Å². The molecule has 0 aliphatic rings. The maximum Gasteiger partial charge on any atom is 0.321 e. The highest BCUT2D eigenvalue weighted by molar-refractivity contribution is 8.00. The number of carbonyl (C=O) groups is 3. The maximum atomic E-state index is 11.6. The fraction of sp³-hybridized carbons (Fsp3) is 0.400. The molecule has 126 valence electrons. The summed E-state index contributed by atoms with van der Waals surface area (Å²) in [5.74, 6) is -0.415. The third-order valence-corrected chi connectivity index (χ3v) is 3.44. The SMILES string of the molecule is COc1ccc(SCC(=O)OCC(=O)NC(=O)NC(C)C)cc1. The van der Waals surface area contributed by atoms with Gasteiger partial charge in [0.15, 0.2) is 6.61 Å². The van der Waals surface area contributed by atoms with E-state index in [0.717, 1.165) is 10.6 Å². The van der Waals surface area contributed by atoms with Crippen molar-refractivity contribution in [2.45, 2.75) is 24.8 Å². The van der Waals surface area contributed by atoms with Crippen LogP contribution < -0.4 is 15.4 Å². The van der Waals surface area contributed by atoms with Crippen molar-refractivity contribution in [3.8, 4) is 5.75 Å². The minimum absolute atomic E-state index is 0.0673. The second-order valence-corrected chi connectivity index (χ2v) is 5.85. The number of benzene rings is 1. The Balaban J connectivity index is 2.25. The summed E-state index contributed by atoms with van der Waals surface area (Å²) in [5.41, 5.74) is 0. The van der Waals surface area contributed by atoms with Gasteiger partial charge in [0.25, 0.3) is 5.91 Å². The van der Waals surface area contributed by atoms with Crippen molar-refractivity contribution < 1.29 is 23.9 Å². The van der Waals surface area contributed by atoms with Crippen LogP contribution in [0, 0.1) is 0 Å². The molecular formula is C15H20N2O5S. The molecule has 1 rings (SSSR count). The summed E-state index contributed by atoms with van der Waals surface area (Å²) in [6, 6.07) is 6.50. The van der Waals surface area contributed by atoms with Gasteiger partial charge in [-0.25, -0.2) is 4.79 Å². The summed E-state index contributed by atoms with van der Waals surface area (Å²) < 4.78 is 9.84. The minimum Gasteiger partial charge on any atom is -0.497 e. The first-order chi connectivity index (χ1) is 10.9. The van der Waals surface area contributed by atoms with Gasteiger partial charge in [0.2, 0.25) is 0 Å². The van der Waals surface area contributed by atoms with Gasteiger partial charge in [-0.2, -0.15) is 0 Å². The summed E-state index contributed by atoms with van der Waals surface area (Å²) in [7, 11) is 1.58. The third-order valence-electron chi connectivity index (χ3n) is 2.45. The first kappa shape index (κ1) is 18.8. The molecule has 2 N–H and O–H groups in total. The highest BCUT2D eigenvalue weighted by Crippen LogP contribution is 2.21. The van der Waals surface area contributed by atoms with Crippen LogP contribution in [0.25, 0.3) is 0 Å². The lowest BCUT2D eigenvalue weighted by molar-refractivity contribution is -0.145.